The third kappa shape index (κ3) is 3.07. The van der Waals surface area contributed by atoms with E-state index in [-0.39, 0.29) is 18.5 Å². The van der Waals surface area contributed by atoms with Gasteiger partial charge in [-0.3, -0.25) is 9.59 Å². The lowest BCUT2D eigenvalue weighted by molar-refractivity contribution is -0.527. The van der Waals surface area contributed by atoms with Crippen LogP contribution < -0.4 is 0 Å². The molecular weight excluding hydrogens is 368 g/mol. The van der Waals surface area contributed by atoms with Crippen molar-refractivity contribution in [1.29, 1.82) is 0 Å². The Hall–Kier alpha value is -2.89. The largest absolute Gasteiger partial charge is 0.468 e. The lowest BCUT2D eigenvalue weighted by Crippen LogP contribution is -2.51. The normalized spacial score (nSPS) is 25.0. The van der Waals surface area contributed by atoms with Gasteiger partial charge in [-0.2, -0.15) is 0 Å². The fourth-order valence-corrected chi connectivity index (χ4v) is 4.95. The van der Waals surface area contributed by atoms with Crippen LogP contribution in [0.4, 0.5) is 0 Å². The van der Waals surface area contributed by atoms with Crippen molar-refractivity contribution in [3.63, 3.8) is 0 Å². The Labute approximate surface area is 170 Å². The van der Waals surface area contributed by atoms with Crippen LogP contribution in [0.15, 0.2) is 35.9 Å². The number of para-hydroxylation sites is 1. The number of carbonyl (C=O) groups excluding carboxylic acids is 2. The summed E-state index contributed by atoms with van der Waals surface area (Å²) in [5, 5.41) is 1.10. The van der Waals surface area contributed by atoms with E-state index in [1.165, 1.54) is 14.0 Å². The molecule has 1 aromatic carbocycles. The van der Waals surface area contributed by atoms with E-state index in [9.17, 15) is 9.59 Å². The maximum absolute atomic E-state index is 13.5. The maximum atomic E-state index is 13.5. The van der Waals surface area contributed by atoms with Crippen LogP contribution in [-0.2, 0) is 30.9 Å². The number of aromatic nitrogens is 1. The number of carbonyl (C=O) groups is 2. The van der Waals surface area contributed by atoms with Crippen molar-refractivity contribution in [2.75, 3.05) is 26.8 Å². The first-order valence-corrected chi connectivity index (χ1v) is 10.1. The molecule has 0 saturated heterocycles. The summed E-state index contributed by atoms with van der Waals surface area (Å²) in [6.07, 6.45) is 5.77. The van der Waals surface area contributed by atoms with Crippen LogP contribution in [0.1, 0.15) is 31.5 Å². The third-order valence-electron chi connectivity index (χ3n) is 6.33. The summed E-state index contributed by atoms with van der Waals surface area (Å²) in [6.45, 7) is 5.02. The molecule has 3 aliphatic heterocycles. The summed E-state index contributed by atoms with van der Waals surface area (Å²) in [7, 11) is 1.40. The number of esters is 2. The Kier molecular flexibility index (Phi) is 5.03. The molecule has 0 unspecified atom stereocenters. The fourth-order valence-electron chi connectivity index (χ4n) is 4.95. The number of hydrogen-bond acceptors (Lipinski definition) is 4. The van der Waals surface area contributed by atoms with Crippen LogP contribution in [0.2, 0.25) is 0 Å². The van der Waals surface area contributed by atoms with Crippen LogP contribution in [0.3, 0.4) is 0 Å². The second kappa shape index (κ2) is 7.50. The molecule has 29 heavy (non-hydrogen) atoms. The molecule has 6 nitrogen and oxygen atoms in total. The molecule has 3 aliphatic rings. The van der Waals surface area contributed by atoms with Crippen LogP contribution >= 0.6 is 0 Å². The molecule has 1 N–H and O–H groups in total. The number of hydrogen-bond donors (Lipinski definition) is 1. The van der Waals surface area contributed by atoms with Gasteiger partial charge in [0.15, 0.2) is 6.21 Å². The van der Waals surface area contributed by atoms with Crippen molar-refractivity contribution in [3.05, 3.63) is 47.2 Å². The lowest BCUT2D eigenvalue weighted by atomic mass is 9.66. The Morgan fingerprint density at radius 2 is 2.10 bits per heavy atom. The summed E-state index contributed by atoms with van der Waals surface area (Å²) in [5.74, 6) is -0.936. The van der Waals surface area contributed by atoms with Crippen molar-refractivity contribution in [3.8, 4) is 0 Å². The SMILES string of the molecule is C/C=C1/C=[N+]2CCc3c([nH]c4ccccc34)[C@@](COC(C)=O)(C(=O)OC)[C@H]1CC2. The van der Waals surface area contributed by atoms with Gasteiger partial charge in [0.2, 0.25) is 0 Å². The second-order valence-electron chi connectivity index (χ2n) is 7.81. The van der Waals surface area contributed by atoms with Crippen molar-refractivity contribution in [2.24, 2.45) is 5.92 Å². The molecule has 4 heterocycles. The van der Waals surface area contributed by atoms with Crippen LogP contribution in [-0.4, -0.2) is 54.5 Å². The number of nitrogens with one attached hydrogen (secondary N) is 1. The summed E-state index contributed by atoms with van der Waals surface area (Å²) in [6, 6.07) is 8.08. The summed E-state index contributed by atoms with van der Waals surface area (Å²) >= 11 is 0. The molecule has 2 bridgehead atoms. The Balaban J connectivity index is 2.05. The average molecular weight is 395 g/mol. The fraction of sp³-hybridized carbons (Fsp3) is 0.435. The molecule has 0 spiro atoms. The van der Waals surface area contributed by atoms with E-state index >= 15 is 0 Å². The highest BCUT2D eigenvalue weighted by atomic mass is 16.5. The molecule has 152 valence electrons. The minimum atomic E-state index is -1.12. The smallest absolute Gasteiger partial charge is 0.322 e. The quantitative estimate of drug-likeness (QED) is 0.641. The van der Waals surface area contributed by atoms with Crippen molar-refractivity contribution in [2.45, 2.75) is 32.1 Å². The number of fused-ring (bicyclic) bond motifs is 4. The van der Waals surface area contributed by atoms with Crippen molar-refractivity contribution in [1.82, 2.24) is 4.98 Å². The monoisotopic (exact) mass is 395 g/mol. The number of nitrogens with zero attached hydrogens (tertiary/aromatic N) is 1. The maximum Gasteiger partial charge on any atom is 0.322 e. The second-order valence-corrected chi connectivity index (χ2v) is 7.81. The summed E-state index contributed by atoms with van der Waals surface area (Å²) in [5.41, 5.74) is 2.84. The number of methoxy groups -OCH3 is 1. The van der Waals surface area contributed by atoms with E-state index < -0.39 is 11.4 Å². The first-order valence-electron chi connectivity index (χ1n) is 10.1. The molecule has 0 saturated carbocycles. The average Bonchev–Trinajstić information content (AvgIpc) is 3.14. The van der Waals surface area contributed by atoms with E-state index in [1.807, 2.05) is 25.1 Å². The summed E-state index contributed by atoms with van der Waals surface area (Å²) in [4.78, 5) is 28.8. The van der Waals surface area contributed by atoms with Crippen molar-refractivity contribution >= 4 is 29.1 Å². The minimum Gasteiger partial charge on any atom is -0.468 e. The zero-order valence-electron chi connectivity index (χ0n) is 17.2. The highest BCUT2D eigenvalue weighted by molar-refractivity contribution is 5.93. The zero-order valence-corrected chi connectivity index (χ0v) is 17.2. The first-order chi connectivity index (χ1) is 14.0. The van der Waals surface area contributed by atoms with E-state index in [1.54, 1.807) is 0 Å². The van der Waals surface area contributed by atoms with Gasteiger partial charge in [0.1, 0.15) is 25.1 Å². The highest BCUT2D eigenvalue weighted by Crippen LogP contribution is 2.45. The molecule has 0 amide bonds. The van der Waals surface area contributed by atoms with Gasteiger partial charge in [-0.25, -0.2) is 4.58 Å². The van der Waals surface area contributed by atoms with E-state index in [0.717, 1.165) is 53.7 Å². The molecule has 1 aromatic heterocycles. The molecule has 2 aromatic rings. The van der Waals surface area contributed by atoms with Gasteiger partial charge in [0.25, 0.3) is 0 Å². The molecule has 6 heteroatoms. The number of aromatic amines is 1. The standard InChI is InChI=1S/C23H27N2O4/c1-4-16-13-25-11-9-18-17-7-5-6-8-20(17)24-21(18)23(22(27)28-3,14-29-15(2)26)19(16)10-12-25/h4-8,13,19,24H,9-12,14H2,1-3H3/q+1/b16-4-/t19-,23-/m0/s1. The number of H-pyrrole nitrogens is 1. The van der Waals surface area contributed by atoms with Crippen LogP contribution in [0.5, 0.6) is 0 Å². The van der Waals surface area contributed by atoms with Gasteiger partial charge in [-0.05, 0) is 18.6 Å². The molecule has 5 rings (SSSR count). The Morgan fingerprint density at radius 3 is 2.83 bits per heavy atom. The Bertz CT molecular complexity index is 1030. The van der Waals surface area contributed by atoms with Gasteiger partial charge < -0.3 is 14.5 Å². The number of benzene rings is 1. The van der Waals surface area contributed by atoms with Gasteiger partial charge >= 0.3 is 11.9 Å². The van der Waals surface area contributed by atoms with Gasteiger partial charge in [-0.15, -0.1) is 0 Å². The molecule has 0 aliphatic carbocycles. The molecule has 0 radical (unpaired) electrons. The van der Waals surface area contributed by atoms with Gasteiger partial charge in [0.05, 0.1) is 7.11 Å². The zero-order chi connectivity index (χ0) is 20.6. The Morgan fingerprint density at radius 1 is 1.31 bits per heavy atom. The minimum absolute atomic E-state index is 0.0509. The van der Waals surface area contributed by atoms with Crippen LogP contribution in [0.25, 0.3) is 10.9 Å². The van der Waals surface area contributed by atoms with E-state index in [2.05, 4.69) is 27.9 Å². The number of ether oxygens (including phenoxy) is 2. The predicted octanol–water partition coefficient (Wildman–Crippen LogP) is 2.75. The van der Waals surface area contributed by atoms with E-state index in [0.29, 0.717) is 0 Å². The highest BCUT2D eigenvalue weighted by Gasteiger charge is 2.55. The third-order valence-corrected chi connectivity index (χ3v) is 6.33. The van der Waals surface area contributed by atoms with E-state index in [4.69, 9.17) is 9.47 Å². The van der Waals surface area contributed by atoms with Crippen LogP contribution in [0, 0.1) is 5.92 Å². The molecule has 2 atom stereocenters. The van der Waals surface area contributed by atoms with Gasteiger partial charge in [0, 0.05) is 47.9 Å². The topological polar surface area (TPSA) is 71.4 Å². The lowest BCUT2D eigenvalue weighted by Gasteiger charge is -2.38. The summed E-state index contributed by atoms with van der Waals surface area (Å²) < 4.78 is 13.2. The van der Waals surface area contributed by atoms with Crippen molar-refractivity contribution < 1.29 is 23.6 Å². The number of allylic oxidation sites excluding steroid dienone is 2. The molecule has 0 fully saturated rings. The number of rotatable bonds is 3. The molecular formula is C23H27N2O4+. The van der Waals surface area contributed by atoms with Gasteiger partial charge in [-0.1, -0.05) is 24.3 Å². The predicted molar refractivity (Wildman–Crippen MR) is 110 cm³/mol. The first kappa shape index (κ1) is 19.4.